The number of pyridine rings is 1. The predicted molar refractivity (Wildman–Crippen MR) is 71.0 cm³/mol. The van der Waals surface area contributed by atoms with E-state index in [1.807, 2.05) is 6.07 Å². The van der Waals surface area contributed by atoms with Gasteiger partial charge in [0.15, 0.2) is 0 Å². The number of hydrogen-bond donors (Lipinski definition) is 2. The van der Waals surface area contributed by atoms with Gasteiger partial charge < -0.3 is 15.5 Å². The summed E-state index contributed by atoms with van der Waals surface area (Å²) in [5.74, 6) is -0.257. The number of halogens is 1. The van der Waals surface area contributed by atoms with E-state index in [0.29, 0.717) is 12.2 Å². The molecule has 2 aliphatic rings. The number of carbonyl (C=O) groups is 1. The van der Waals surface area contributed by atoms with Crippen LogP contribution in [0.5, 0.6) is 0 Å². The highest BCUT2D eigenvalue weighted by molar-refractivity contribution is 5.94. The molecule has 3 rings (SSSR count). The molecule has 102 valence electrons. The van der Waals surface area contributed by atoms with Crippen LogP contribution in [-0.2, 0) is 4.79 Å². The maximum atomic E-state index is 12.7. The number of anilines is 2. The Hall–Kier alpha value is -1.69. The van der Waals surface area contributed by atoms with Crippen LogP contribution < -0.4 is 15.5 Å². The van der Waals surface area contributed by atoms with Crippen molar-refractivity contribution >= 4 is 17.4 Å². The van der Waals surface area contributed by atoms with Crippen LogP contribution in [0.4, 0.5) is 15.9 Å². The second kappa shape index (κ2) is 5.13. The molecule has 2 fully saturated rings. The van der Waals surface area contributed by atoms with Gasteiger partial charge in [-0.2, -0.15) is 0 Å². The molecule has 0 spiro atoms. The number of aromatic nitrogens is 1. The molecule has 6 heteroatoms. The average Bonchev–Trinajstić information content (AvgIpc) is 3.18. The third kappa shape index (κ3) is 2.84. The van der Waals surface area contributed by atoms with Crippen molar-refractivity contribution in [3.63, 3.8) is 0 Å². The molecule has 1 aromatic heterocycles. The highest BCUT2D eigenvalue weighted by Gasteiger charge is 2.43. The van der Waals surface area contributed by atoms with E-state index < -0.39 is 12.1 Å². The summed E-state index contributed by atoms with van der Waals surface area (Å²) in [6.45, 7) is 3.86. The number of nitrogens with zero attached hydrogens (tertiary/aromatic N) is 2. The zero-order valence-electron chi connectivity index (χ0n) is 10.6. The maximum Gasteiger partial charge on any atom is 0.231 e. The van der Waals surface area contributed by atoms with E-state index in [0.717, 1.165) is 31.9 Å². The Labute approximate surface area is 111 Å². The monoisotopic (exact) mass is 264 g/mol. The molecule has 1 amide bonds. The molecule has 1 saturated carbocycles. The van der Waals surface area contributed by atoms with Crippen LogP contribution in [0, 0.1) is 5.92 Å². The van der Waals surface area contributed by atoms with Gasteiger partial charge in [-0.25, -0.2) is 9.37 Å². The van der Waals surface area contributed by atoms with E-state index in [-0.39, 0.29) is 5.91 Å². The van der Waals surface area contributed by atoms with Crippen LogP contribution in [-0.4, -0.2) is 43.2 Å². The molecule has 0 bridgehead atoms. The highest BCUT2D eigenvalue weighted by Crippen LogP contribution is 2.34. The van der Waals surface area contributed by atoms with Crippen molar-refractivity contribution in [3.05, 3.63) is 18.3 Å². The summed E-state index contributed by atoms with van der Waals surface area (Å²) in [4.78, 5) is 18.0. The van der Waals surface area contributed by atoms with Gasteiger partial charge in [0, 0.05) is 26.2 Å². The Bertz CT molecular complexity index is 458. The van der Waals surface area contributed by atoms with Gasteiger partial charge in [0.1, 0.15) is 12.0 Å². The number of amides is 1. The van der Waals surface area contributed by atoms with E-state index in [1.54, 1.807) is 12.3 Å². The third-order valence-electron chi connectivity index (χ3n) is 3.53. The minimum absolute atomic E-state index is 0.269. The summed E-state index contributed by atoms with van der Waals surface area (Å²) >= 11 is 0. The van der Waals surface area contributed by atoms with Gasteiger partial charge in [0.05, 0.1) is 17.8 Å². The van der Waals surface area contributed by atoms with E-state index in [2.05, 4.69) is 20.5 Å². The van der Waals surface area contributed by atoms with Crippen molar-refractivity contribution in [1.82, 2.24) is 10.3 Å². The first-order valence-electron chi connectivity index (χ1n) is 6.61. The number of alkyl halides is 1. The molecule has 0 unspecified atom stereocenters. The van der Waals surface area contributed by atoms with Crippen molar-refractivity contribution in [3.8, 4) is 0 Å². The molecule has 2 heterocycles. The SMILES string of the molecule is O=C(Nc1ccc(N2CCNCC2)cn1)[C@H]1C[C@H]1F. The number of rotatable bonds is 3. The first-order chi connectivity index (χ1) is 9.24. The van der Waals surface area contributed by atoms with Gasteiger partial charge in [-0.3, -0.25) is 4.79 Å². The minimum Gasteiger partial charge on any atom is -0.368 e. The van der Waals surface area contributed by atoms with Crippen LogP contribution in [0.3, 0.4) is 0 Å². The minimum atomic E-state index is -0.972. The molecule has 2 N–H and O–H groups in total. The van der Waals surface area contributed by atoms with Crippen molar-refractivity contribution in [2.45, 2.75) is 12.6 Å². The molecule has 1 saturated heterocycles. The summed E-state index contributed by atoms with van der Waals surface area (Å²) in [5.41, 5.74) is 1.05. The van der Waals surface area contributed by atoms with Crippen LogP contribution in [0.1, 0.15) is 6.42 Å². The van der Waals surface area contributed by atoms with Gasteiger partial charge in [0.2, 0.25) is 5.91 Å². The Kier molecular flexibility index (Phi) is 3.33. The fraction of sp³-hybridized carbons (Fsp3) is 0.538. The molecule has 1 aromatic rings. The Morgan fingerprint density at radius 1 is 1.42 bits per heavy atom. The van der Waals surface area contributed by atoms with Crippen molar-refractivity contribution in [2.24, 2.45) is 5.92 Å². The van der Waals surface area contributed by atoms with Crippen LogP contribution in [0.15, 0.2) is 18.3 Å². The first-order valence-corrected chi connectivity index (χ1v) is 6.61. The van der Waals surface area contributed by atoms with Gasteiger partial charge in [-0.15, -0.1) is 0 Å². The fourth-order valence-corrected chi connectivity index (χ4v) is 2.22. The van der Waals surface area contributed by atoms with Gasteiger partial charge in [0.25, 0.3) is 0 Å². The van der Waals surface area contributed by atoms with E-state index in [9.17, 15) is 9.18 Å². The van der Waals surface area contributed by atoms with Crippen LogP contribution in [0.2, 0.25) is 0 Å². The Morgan fingerprint density at radius 3 is 2.74 bits per heavy atom. The van der Waals surface area contributed by atoms with Crippen molar-refractivity contribution < 1.29 is 9.18 Å². The van der Waals surface area contributed by atoms with E-state index in [1.165, 1.54) is 0 Å². The van der Waals surface area contributed by atoms with Crippen molar-refractivity contribution in [2.75, 3.05) is 36.4 Å². The van der Waals surface area contributed by atoms with Crippen LogP contribution >= 0.6 is 0 Å². The first kappa shape index (κ1) is 12.3. The molecule has 1 aliphatic carbocycles. The number of nitrogens with one attached hydrogen (secondary N) is 2. The molecule has 0 aromatic carbocycles. The highest BCUT2D eigenvalue weighted by atomic mass is 19.1. The summed E-state index contributed by atoms with van der Waals surface area (Å²) in [6.07, 6.45) is 1.12. The summed E-state index contributed by atoms with van der Waals surface area (Å²) in [5, 5.41) is 5.93. The van der Waals surface area contributed by atoms with Gasteiger partial charge >= 0.3 is 0 Å². The second-order valence-corrected chi connectivity index (χ2v) is 4.99. The normalized spacial score (nSPS) is 26.1. The number of hydrogen-bond acceptors (Lipinski definition) is 4. The lowest BCUT2D eigenvalue weighted by Crippen LogP contribution is -2.43. The number of piperazine rings is 1. The molecular formula is C13H17FN4O. The lowest BCUT2D eigenvalue weighted by atomic mass is 10.3. The smallest absolute Gasteiger partial charge is 0.231 e. The quantitative estimate of drug-likeness (QED) is 0.847. The van der Waals surface area contributed by atoms with Crippen LogP contribution in [0.25, 0.3) is 0 Å². The predicted octanol–water partition coefficient (Wildman–Crippen LogP) is 0.788. The lowest BCUT2D eigenvalue weighted by Gasteiger charge is -2.29. The van der Waals surface area contributed by atoms with Gasteiger partial charge in [-0.05, 0) is 18.6 Å². The summed E-state index contributed by atoms with van der Waals surface area (Å²) < 4.78 is 12.7. The third-order valence-corrected chi connectivity index (χ3v) is 3.53. The lowest BCUT2D eigenvalue weighted by molar-refractivity contribution is -0.117. The standard InChI is InChI=1S/C13H17FN4O/c14-11-7-10(11)13(19)17-12-2-1-9(8-16-12)18-5-3-15-4-6-18/h1-2,8,10-11,15H,3-7H2,(H,16,17,19)/t10-,11+/m0/s1. The summed E-state index contributed by atoms with van der Waals surface area (Å²) in [6, 6.07) is 3.71. The zero-order chi connectivity index (χ0) is 13.2. The maximum absolute atomic E-state index is 12.7. The second-order valence-electron chi connectivity index (χ2n) is 4.99. The largest absolute Gasteiger partial charge is 0.368 e. The molecule has 5 nitrogen and oxygen atoms in total. The Balaban J connectivity index is 1.60. The zero-order valence-corrected chi connectivity index (χ0v) is 10.6. The van der Waals surface area contributed by atoms with E-state index >= 15 is 0 Å². The topological polar surface area (TPSA) is 57.3 Å². The average molecular weight is 264 g/mol. The molecular weight excluding hydrogens is 247 g/mol. The fourth-order valence-electron chi connectivity index (χ4n) is 2.22. The van der Waals surface area contributed by atoms with Gasteiger partial charge in [-0.1, -0.05) is 0 Å². The molecule has 0 radical (unpaired) electrons. The molecule has 19 heavy (non-hydrogen) atoms. The summed E-state index contributed by atoms with van der Waals surface area (Å²) in [7, 11) is 0. The van der Waals surface area contributed by atoms with E-state index in [4.69, 9.17) is 0 Å². The molecule has 2 atom stereocenters. The molecule has 1 aliphatic heterocycles. The number of carbonyl (C=O) groups excluding carboxylic acids is 1. The Morgan fingerprint density at radius 2 is 2.16 bits per heavy atom. The van der Waals surface area contributed by atoms with Crippen molar-refractivity contribution in [1.29, 1.82) is 0 Å².